The molecule has 2 aromatic carbocycles. The van der Waals surface area contributed by atoms with E-state index < -0.39 is 6.10 Å². The molecule has 0 bridgehead atoms. The Hall–Kier alpha value is -3.75. The molecule has 39 heavy (non-hydrogen) atoms. The molecule has 0 saturated carbocycles. The molecular formula is C30H24ClN3O4S. The van der Waals surface area contributed by atoms with Crippen molar-refractivity contribution < 1.29 is 19.1 Å². The zero-order valence-electron chi connectivity index (χ0n) is 21.0. The highest BCUT2D eigenvalue weighted by Crippen LogP contribution is 2.45. The number of benzene rings is 2. The number of rotatable bonds is 4. The van der Waals surface area contributed by atoms with Gasteiger partial charge in [-0.1, -0.05) is 23.7 Å². The number of hydrogen-bond donors (Lipinski definition) is 0. The molecule has 1 atom stereocenters. The standard InChI is InChI=1S/C30H24ClN3O4S/c31-18-12-17-13-25(30(37)33-10-4-1-5-11-33)38-26(17)23(14-18)20-8-9-32-24-15-19(39-27(20)24)16-34-28(35)21-6-2-3-7-22(21)29(34)36/h2-3,6-9,12,14-15,25H,1,4-5,10-11,13,16H2. The highest BCUT2D eigenvalue weighted by Gasteiger charge is 2.37. The Morgan fingerprint density at radius 2 is 1.72 bits per heavy atom. The molecular weight excluding hydrogens is 534 g/mol. The van der Waals surface area contributed by atoms with Gasteiger partial charge in [-0.15, -0.1) is 11.3 Å². The third kappa shape index (κ3) is 4.10. The number of thiophene rings is 1. The number of carbonyl (C=O) groups is 3. The van der Waals surface area contributed by atoms with Crippen molar-refractivity contribution in [3.05, 3.63) is 81.3 Å². The van der Waals surface area contributed by atoms with Crippen LogP contribution in [-0.2, 0) is 17.8 Å². The van der Waals surface area contributed by atoms with Crippen molar-refractivity contribution >= 4 is 50.9 Å². The second-order valence-corrected chi connectivity index (χ2v) is 11.7. The van der Waals surface area contributed by atoms with Crippen molar-refractivity contribution in [1.82, 2.24) is 14.8 Å². The lowest BCUT2D eigenvalue weighted by Gasteiger charge is -2.28. The molecule has 4 aromatic rings. The fraction of sp³-hybridized carbons (Fsp3) is 0.267. The average Bonchev–Trinajstić information content (AvgIpc) is 3.64. The number of piperidine rings is 1. The van der Waals surface area contributed by atoms with Crippen molar-refractivity contribution in [2.45, 2.75) is 38.3 Å². The van der Waals surface area contributed by atoms with Crippen molar-refractivity contribution in [1.29, 1.82) is 0 Å². The van der Waals surface area contributed by atoms with Gasteiger partial charge in [0.05, 0.1) is 27.9 Å². The van der Waals surface area contributed by atoms with Crippen LogP contribution in [0.15, 0.2) is 54.7 Å². The van der Waals surface area contributed by atoms with Gasteiger partial charge in [0.1, 0.15) is 5.75 Å². The number of pyridine rings is 1. The Kier molecular flexibility index (Phi) is 5.90. The van der Waals surface area contributed by atoms with E-state index in [1.807, 2.05) is 29.2 Å². The number of amides is 3. The van der Waals surface area contributed by atoms with Crippen LogP contribution >= 0.6 is 22.9 Å². The number of halogens is 1. The summed E-state index contributed by atoms with van der Waals surface area (Å²) in [4.78, 5) is 47.6. The van der Waals surface area contributed by atoms with Gasteiger partial charge in [-0.25, -0.2) is 0 Å². The number of hydrogen-bond acceptors (Lipinski definition) is 6. The van der Waals surface area contributed by atoms with Gasteiger partial charge >= 0.3 is 0 Å². The first-order valence-electron chi connectivity index (χ1n) is 13.1. The summed E-state index contributed by atoms with van der Waals surface area (Å²) in [6, 6.07) is 14.5. The van der Waals surface area contributed by atoms with E-state index >= 15 is 0 Å². The summed E-state index contributed by atoms with van der Waals surface area (Å²) in [6.07, 6.45) is 4.87. The smallest absolute Gasteiger partial charge is 0.263 e. The quantitative estimate of drug-likeness (QED) is 0.299. The zero-order chi connectivity index (χ0) is 26.7. The summed E-state index contributed by atoms with van der Waals surface area (Å²) >= 11 is 8.04. The molecule has 1 unspecified atom stereocenters. The van der Waals surface area contributed by atoms with Crippen LogP contribution in [-0.4, -0.2) is 51.7 Å². The number of ether oxygens (including phenoxy) is 1. The minimum absolute atomic E-state index is 0.0344. The van der Waals surface area contributed by atoms with Crippen molar-refractivity contribution in [2.75, 3.05) is 13.1 Å². The molecule has 7 rings (SSSR count). The van der Waals surface area contributed by atoms with Crippen LogP contribution in [0.4, 0.5) is 0 Å². The molecule has 1 saturated heterocycles. The Labute approximate surface area is 234 Å². The summed E-state index contributed by atoms with van der Waals surface area (Å²) in [5.41, 5.74) is 4.25. The molecule has 3 aliphatic heterocycles. The number of fused-ring (bicyclic) bond motifs is 3. The highest BCUT2D eigenvalue weighted by atomic mass is 35.5. The van der Waals surface area contributed by atoms with Gasteiger partial charge in [-0.2, -0.15) is 0 Å². The molecule has 7 nitrogen and oxygen atoms in total. The van der Waals surface area contributed by atoms with Crippen LogP contribution in [0, 0.1) is 0 Å². The predicted octanol–water partition coefficient (Wildman–Crippen LogP) is 5.73. The lowest BCUT2D eigenvalue weighted by molar-refractivity contribution is -0.138. The van der Waals surface area contributed by atoms with Crippen LogP contribution in [0.2, 0.25) is 5.02 Å². The molecule has 196 valence electrons. The number of imide groups is 1. The third-order valence-electron chi connectivity index (χ3n) is 7.68. The van der Waals surface area contributed by atoms with Crippen LogP contribution < -0.4 is 4.74 Å². The van der Waals surface area contributed by atoms with Gasteiger partial charge in [0.15, 0.2) is 6.10 Å². The SMILES string of the molecule is O=C(C1Cc2cc(Cl)cc(-c3ccnc4cc(CN5C(=O)c6ccccc6C5=O)sc34)c2O1)N1CCCCC1. The van der Waals surface area contributed by atoms with Crippen molar-refractivity contribution in [3.63, 3.8) is 0 Å². The molecule has 0 aliphatic carbocycles. The maximum atomic E-state index is 13.2. The molecule has 2 aromatic heterocycles. The van der Waals surface area contributed by atoms with Crippen molar-refractivity contribution in [3.8, 4) is 16.9 Å². The van der Waals surface area contributed by atoms with Crippen LogP contribution in [0.25, 0.3) is 21.3 Å². The van der Waals surface area contributed by atoms with E-state index in [9.17, 15) is 14.4 Å². The van der Waals surface area contributed by atoms with Gasteiger partial charge in [-0.3, -0.25) is 24.3 Å². The van der Waals surface area contributed by atoms with E-state index in [1.165, 1.54) is 16.2 Å². The molecule has 5 heterocycles. The minimum Gasteiger partial charge on any atom is -0.479 e. The first kappa shape index (κ1) is 24.3. The lowest BCUT2D eigenvalue weighted by Crippen LogP contribution is -2.43. The maximum Gasteiger partial charge on any atom is 0.263 e. The summed E-state index contributed by atoms with van der Waals surface area (Å²) in [6.45, 7) is 1.72. The highest BCUT2D eigenvalue weighted by molar-refractivity contribution is 7.19. The van der Waals surface area contributed by atoms with Crippen LogP contribution in [0.5, 0.6) is 5.75 Å². The second kappa shape index (κ2) is 9.47. The van der Waals surface area contributed by atoms with Gasteiger partial charge in [0.25, 0.3) is 17.7 Å². The van der Waals surface area contributed by atoms with Gasteiger partial charge in [0, 0.05) is 52.3 Å². The number of nitrogens with zero attached hydrogens (tertiary/aromatic N) is 3. The first-order chi connectivity index (χ1) is 19.0. The Morgan fingerprint density at radius 3 is 2.46 bits per heavy atom. The molecule has 3 aliphatic rings. The lowest BCUT2D eigenvalue weighted by atomic mass is 10.0. The summed E-state index contributed by atoms with van der Waals surface area (Å²) < 4.78 is 7.23. The fourth-order valence-corrected chi connectivity index (χ4v) is 7.17. The van der Waals surface area contributed by atoms with Crippen LogP contribution in [0.1, 0.15) is 50.4 Å². The molecule has 3 amide bonds. The molecule has 0 N–H and O–H groups in total. The topological polar surface area (TPSA) is 79.8 Å². The van der Waals surface area contributed by atoms with E-state index in [4.69, 9.17) is 16.3 Å². The van der Waals surface area contributed by atoms with Gasteiger partial charge in [-0.05, 0) is 55.7 Å². The van der Waals surface area contributed by atoms with E-state index in [1.54, 1.807) is 30.5 Å². The van der Waals surface area contributed by atoms with Crippen LogP contribution in [0.3, 0.4) is 0 Å². The predicted molar refractivity (Wildman–Crippen MR) is 149 cm³/mol. The summed E-state index contributed by atoms with van der Waals surface area (Å²) in [5, 5.41) is 0.575. The van der Waals surface area contributed by atoms with E-state index in [0.29, 0.717) is 28.3 Å². The summed E-state index contributed by atoms with van der Waals surface area (Å²) in [7, 11) is 0. The first-order valence-corrected chi connectivity index (χ1v) is 14.3. The molecule has 1 fully saturated rings. The third-order valence-corrected chi connectivity index (χ3v) is 9.05. The monoisotopic (exact) mass is 557 g/mol. The maximum absolute atomic E-state index is 13.2. The number of aromatic nitrogens is 1. The van der Waals surface area contributed by atoms with E-state index in [0.717, 1.165) is 64.1 Å². The van der Waals surface area contributed by atoms with Gasteiger partial charge < -0.3 is 9.64 Å². The van der Waals surface area contributed by atoms with Gasteiger partial charge in [0.2, 0.25) is 0 Å². The summed E-state index contributed by atoms with van der Waals surface area (Å²) in [5.74, 6) is 0.142. The molecule has 0 spiro atoms. The number of carbonyl (C=O) groups excluding carboxylic acids is 3. The van der Waals surface area contributed by atoms with E-state index in [-0.39, 0.29) is 24.3 Å². The normalized spacial score (nSPS) is 18.4. The Bertz CT molecular complexity index is 1640. The fourth-order valence-electron chi connectivity index (χ4n) is 5.80. The largest absolute Gasteiger partial charge is 0.479 e. The molecule has 9 heteroatoms. The minimum atomic E-state index is -0.555. The average molecular weight is 558 g/mol. The Morgan fingerprint density at radius 1 is 0.974 bits per heavy atom. The number of likely N-dealkylation sites (tertiary alicyclic amines) is 1. The zero-order valence-corrected chi connectivity index (χ0v) is 22.6. The van der Waals surface area contributed by atoms with E-state index in [2.05, 4.69) is 4.98 Å². The second-order valence-electron chi connectivity index (χ2n) is 10.2. The Balaban J connectivity index is 1.21. The molecule has 0 radical (unpaired) electrons. The van der Waals surface area contributed by atoms with Crippen molar-refractivity contribution in [2.24, 2.45) is 0 Å².